The van der Waals surface area contributed by atoms with Crippen molar-refractivity contribution in [1.82, 2.24) is 5.32 Å². The van der Waals surface area contributed by atoms with E-state index >= 15 is 0 Å². The summed E-state index contributed by atoms with van der Waals surface area (Å²) in [6.07, 6.45) is 4.74. The molecule has 0 bridgehead atoms. The van der Waals surface area contributed by atoms with Crippen LogP contribution >= 0.6 is 0 Å². The van der Waals surface area contributed by atoms with Crippen molar-refractivity contribution in [2.75, 3.05) is 0 Å². The second-order valence-corrected chi connectivity index (χ2v) is 4.76. The van der Waals surface area contributed by atoms with Crippen molar-refractivity contribution >= 4 is 0 Å². The van der Waals surface area contributed by atoms with Crippen molar-refractivity contribution in [1.29, 1.82) is 0 Å². The molecule has 1 aromatic carbocycles. The summed E-state index contributed by atoms with van der Waals surface area (Å²) in [5, 5.41) is 3.35. The first-order chi connectivity index (χ1) is 9.13. The van der Waals surface area contributed by atoms with Gasteiger partial charge in [-0.2, -0.15) is 8.78 Å². The molecule has 0 saturated heterocycles. The van der Waals surface area contributed by atoms with E-state index in [2.05, 4.69) is 23.9 Å². The average molecular weight is 271 g/mol. The fourth-order valence-corrected chi connectivity index (χ4v) is 1.95. The Morgan fingerprint density at radius 3 is 2.63 bits per heavy atom. The van der Waals surface area contributed by atoms with Crippen molar-refractivity contribution in [3.63, 3.8) is 0 Å². The molecule has 1 unspecified atom stereocenters. The largest absolute Gasteiger partial charge is 0.434 e. The minimum atomic E-state index is -2.77. The predicted octanol–water partition coefficient (Wildman–Crippen LogP) is 4.35. The minimum absolute atomic E-state index is 0.255. The maximum atomic E-state index is 12.3. The Kier molecular flexibility index (Phi) is 7.41. The molecule has 0 fully saturated rings. The molecule has 0 saturated carbocycles. The Morgan fingerprint density at radius 1 is 1.21 bits per heavy atom. The van der Waals surface area contributed by atoms with Gasteiger partial charge in [-0.1, -0.05) is 44.4 Å². The summed E-state index contributed by atoms with van der Waals surface area (Å²) in [4.78, 5) is 0. The van der Waals surface area contributed by atoms with Crippen LogP contribution in [0.2, 0.25) is 0 Å². The molecular formula is C15H23F2NO. The number of nitrogens with one attached hydrogen (secondary N) is 1. The summed E-state index contributed by atoms with van der Waals surface area (Å²) in [5.74, 6) is 0.255. The number of rotatable bonds is 9. The molecule has 0 heterocycles. The van der Waals surface area contributed by atoms with Gasteiger partial charge in [0, 0.05) is 18.2 Å². The normalized spacial score (nSPS) is 12.7. The molecule has 0 aliphatic carbocycles. The maximum absolute atomic E-state index is 12.3. The third-order valence-electron chi connectivity index (χ3n) is 3.07. The Morgan fingerprint density at radius 2 is 1.95 bits per heavy atom. The summed E-state index contributed by atoms with van der Waals surface area (Å²) in [6.45, 7) is 2.07. The van der Waals surface area contributed by atoms with Gasteiger partial charge in [0.2, 0.25) is 0 Å². The highest BCUT2D eigenvalue weighted by Crippen LogP contribution is 2.20. The highest BCUT2D eigenvalue weighted by Gasteiger charge is 2.09. The molecule has 0 amide bonds. The van der Waals surface area contributed by atoms with Crippen LogP contribution in [0.1, 0.15) is 45.1 Å². The van der Waals surface area contributed by atoms with Crippen LogP contribution in [0.4, 0.5) is 8.78 Å². The van der Waals surface area contributed by atoms with E-state index in [4.69, 9.17) is 0 Å². The van der Waals surface area contributed by atoms with Gasteiger partial charge in [-0.25, -0.2) is 0 Å². The number of para-hydroxylation sites is 1. The standard InChI is InChI=1S/C15H23F2NO/c1-3-4-5-8-12(2)18-11-13-9-6-7-10-14(13)19-15(16)17/h6-7,9-10,12,15,18H,3-5,8,11H2,1-2H3. The summed E-state index contributed by atoms with van der Waals surface area (Å²) < 4.78 is 29.0. The molecule has 108 valence electrons. The van der Waals surface area contributed by atoms with E-state index < -0.39 is 6.61 Å². The van der Waals surface area contributed by atoms with Gasteiger partial charge >= 0.3 is 6.61 Å². The number of unbranched alkanes of at least 4 members (excludes halogenated alkanes) is 2. The van der Waals surface area contributed by atoms with Gasteiger partial charge in [-0.15, -0.1) is 0 Å². The van der Waals surface area contributed by atoms with Crippen LogP contribution in [0.25, 0.3) is 0 Å². The number of benzene rings is 1. The zero-order chi connectivity index (χ0) is 14.1. The highest BCUT2D eigenvalue weighted by molar-refractivity contribution is 5.33. The van der Waals surface area contributed by atoms with Crippen LogP contribution in [0.3, 0.4) is 0 Å². The molecule has 0 aliphatic heterocycles. The van der Waals surface area contributed by atoms with Gasteiger partial charge in [0.25, 0.3) is 0 Å². The zero-order valence-corrected chi connectivity index (χ0v) is 11.7. The number of hydrogen-bond donors (Lipinski definition) is 1. The van der Waals surface area contributed by atoms with Gasteiger partial charge in [0.15, 0.2) is 0 Å². The molecule has 4 heteroatoms. The van der Waals surface area contributed by atoms with Gasteiger partial charge in [0.1, 0.15) is 5.75 Å². The first-order valence-corrected chi connectivity index (χ1v) is 6.89. The molecule has 0 spiro atoms. The third-order valence-corrected chi connectivity index (χ3v) is 3.07. The molecule has 1 aromatic rings. The Hall–Kier alpha value is -1.16. The van der Waals surface area contributed by atoms with Crippen molar-refractivity contribution in [3.05, 3.63) is 29.8 Å². The topological polar surface area (TPSA) is 21.3 Å². The summed E-state index contributed by atoms with van der Waals surface area (Å²) in [5.41, 5.74) is 0.769. The van der Waals surface area contributed by atoms with Crippen molar-refractivity contribution in [2.24, 2.45) is 0 Å². The lowest BCUT2D eigenvalue weighted by Gasteiger charge is -2.15. The fourth-order valence-electron chi connectivity index (χ4n) is 1.95. The fraction of sp³-hybridized carbons (Fsp3) is 0.600. The molecule has 1 N–H and O–H groups in total. The van der Waals surface area contributed by atoms with Crippen LogP contribution in [0, 0.1) is 0 Å². The van der Waals surface area contributed by atoms with Gasteiger partial charge in [0.05, 0.1) is 0 Å². The number of alkyl halides is 2. The smallest absolute Gasteiger partial charge is 0.387 e. The SMILES string of the molecule is CCCCCC(C)NCc1ccccc1OC(F)F. The first kappa shape index (κ1) is 15.9. The predicted molar refractivity (Wildman–Crippen MR) is 73.5 cm³/mol. The molecular weight excluding hydrogens is 248 g/mol. The lowest BCUT2D eigenvalue weighted by Crippen LogP contribution is -2.25. The zero-order valence-electron chi connectivity index (χ0n) is 11.7. The quantitative estimate of drug-likeness (QED) is 0.674. The summed E-state index contributed by atoms with van der Waals surface area (Å²) in [7, 11) is 0. The highest BCUT2D eigenvalue weighted by atomic mass is 19.3. The van der Waals surface area contributed by atoms with Crippen LogP contribution < -0.4 is 10.1 Å². The van der Waals surface area contributed by atoms with Crippen molar-refractivity contribution in [3.8, 4) is 5.75 Å². The molecule has 19 heavy (non-hydrogen) atoms. The monoisotopic (exact) mass is 271 g/mol. The Labute approximate surface area is 114 Å². The molecule has 0 radical (unpaired) electrons. The van der Waals surface area contributed by atoms with E-state index in [9.17, 15) is 8.78 Å². The van der Waals surface area contributed by atoms with Crippen LogP contribution in [0.15, 0.2) is 24.3 Å². The number of ether oxygens (including phenoxy) is 1. The second kappa shape index (κ2) is 8.86. The second-order valence-electron chi connectivity index (χ2n) is 4.76. The summed E-state index contributed by atoms with van der Waals surface area (Å²) in [6, 6.07) is 7.29. The van der Waals surface area contributed by atoms with Crippen molar-refractivity contribution in [2.45, 2.75) is 58.7 Å². The van der Waals surface area contributed by atoms with Crippen LogP contribution in [0.5, 0.6) is 5.75 Å². The van der Waals surface area contributed by atoms with E-state index in [1.165, 1.54) is 19.3 Å². The third kappa shape index (κ3) is 6.53. The Bertz CT molecular complexity index is 358. The minimum Gasteiger partial charge on any atom is -0.434 e. The van der Waals surface area contributed by atoms with E-state index in [1.807, 2.05) is 12.1 Å². The van der Waals surface area contributed by atoms with Crippen LogP contribution in [-0.2, 0) is 6.54 Å². The number of halogens is 2. The molecule has 1 atom stereocenters. The van der Waals surface area contributed by atoms with E-state index in [-0.39, 0.29) is 5.75 Å². The Balaban J connectivity index is 2.43. The number of hydrogen-bond acceptors (Lipinski definition) is 2. The molecule has 1 rings (SSSR count). The van der Waals surface area contributed by atoms with Gasteiger partial charge in [-0.05, 0) is 19.4 Å². The molecule has 0 aliphatic rings. The molecule has 0 aromatic heterocycles. The van der Waals surface area contributed by atoms with E-state index in [0.29, 0.717) is 12.6 Å². The average Bonchev–Trinajstić information content (AvgIpc) is 2.37. The summed E-state index contributed by atoms with van der Waals surface area (Å²) >= 11 is 0. The molecule has 2 nitrogen and oxygen atoms in total. The van der Waals surface area contributed by atoms with Crippen molar-refractivity contribution < 1.29 is 13.5 Å². The van der Waals surface area contributed by atoms with Gasteiger partial charge in [-0.3, -0.25) is 0 Å². The maximum Gasteiger partial charge on any atom is 0.387 e. The lowest BCUT2D eigenvalue weighted by molar-refractivity contribution is -0.0505. The van der Waals surface area contributed by atoms with Gasteiger partial charge < -0.3 is 10.1 Å². The van der Waals surface area contributed by atoms with E-state index in [0.717, 1.165) is 12.0 Å². The van der Waals surface area contributed by atoms with E-state index in [1.54, 1.807) is 12.1 Å². The first-order valence-electron chi connectivity index (χ1n) is 6.89. The van der Waals surface area contributed by atoms with Crippen LogP contribution in [-0.4, -0.2) is 12.7 Å². The lowest BCUT2D eigenvalue weighted by atomic mass is 10.1.